The van der Waals surface area contributed by atoms with Crippen LogP contribution in [-0.2, 0) is 9.47 Å². The van der Waals surface area contributed by atoms with Crippen molar-refractivity contribution >= 4 is 0 Å². The maximum atomic E-state index is 5.31. The molecule has 0 aromatic rings. The maximum Gasteiger partial charge on any atom is 0.147 e. The third-order valence-electron chi connectivity index (χ3n) is 2.50. The lowest BCUT2D eigenvalue weighted by Crippen LogP contribution is -2.22. The first-order valence-electron chi connectivity index (χ1n) is 3.54. The molecule has 1 aliphatic carbocycles. The summed E-state index contributed by atoms with van der Waals surface area (Å²) in [6.07, 6.45) is 0.951. The van der Waals surface area contributed by atoms with E-state index in [1.165, 1.54) is 0 Å². The molecule has 0 spiro atoms. The molecule has 0 aromatic carbocycles. The SMILES string of the molecule is CC1OCO[C@@H]2C(C)C12. The molecule has 0 radical (unpaired) electrons. The molecule has 0 N–H and O–H groups in total. The molecule has 1 saturated heterocycles. The molecule has 2 fully saturated rings. The van der Waals surface area contributed by atoms with Crippen LogP contribution in [0, 0.1) is 11.8 Å². The van der Waals surface area contributed by atoms with Crippen LogP contribution in [0.5, 0.6) is 0 Å². The summed E-state index contributed by atoms with van der Waals surface area (Å²) in [5.74, 6) is 1.43. The van der Waals surface area contributed by atoms with Gasteiger partial charge < -0.3 is 9.47 Å². The minimum Gasteiger partial charge on any atom is -0.352 e. The van der Waals surface area contributed by atoms with Crippen LogP contribution in [0.4, 0.5) is 0 Å². The van der Waals surface area contributed by atoms with E-state index in [4.69, 9.17) is 9.47 Å². The van der Waals surface area contributed by atoms with E-state index in [1.807, 2.05) is 0 Å². The molecule has 2 nitrogen and oxygen atoms in total. The van der Waals surface area contributed by atoms with Crippen LogP contribution < -0.4 is 0 Å². The fraction of sp³-hybridized carbons (Fsp3) is 1.00. The lowest BCUT2D eigenvalue weighted by Gasteiger charge is -2.17. The minimum atomic E-state index is 0.429. The van der Waals surface area contributed by atoms with E-state index in [0.29, 0.717) is 24.9 Å². The normalized spacial score (nSPS) is 56.7. The van der Waals surface area contributed by atoms with Gasteiger partial charge in [-0.2, -0.15) is 0 Å². The van der Waals surface area contributed by atoms with Crippen molar-refractivity contribution in [3.63, 3.8) is 0 Å². The molecule has 1 saturated carbocycles. The zero-order valence-corrected chi connectivity index (χ0v) is 5.83. The van der Waals surface area contributed by atoms with E-state index in [9.17, 15) is 0 Å². The molecule has 9 heavy (non-hydrogen) atoms. The molecule has 0 aromatic heterocycles. The van der Waals surface area contributed by atoms with Crippen LogP contribution in [0.1, 0.15) is 13.8 Å². The largest absolute Gasteiger partial charge is 0.352 e. The predicted molar refractivity (Wildman–Crippen MR) is 32.9 cm³/mol. The first-order valence-corrected chi connectivity index (χ1v) is 3.54. The summed E-state index contributed by atoms with van der Waals surface area (Å²) in [7, 11) is 0. The van der Waals surface area contributed by atoms with Gasteiger partial charge in [-0.05, 0) is 12.8 Å². The highest BCUT2D eigenvalue weighted by molar-refractivity contribution is 5.00. The summed E-state index contributed by atoms with van der Waals surface area (Å²) in [4.78, 5) is 0. The van der Waals surface area contributed by atoms with Crippen LogP contribution >= 0.6 is 0 Å². The number of rotatable bonds is 0. The van der Waals surface area contributed by atoms with Gasteiger partial charge in [0.05, 0.1) is 12.2 Å². The van der Waals surface area contributed by atoms with Crippen molar-refractivity contribution in [3.05, 3.63) is 0 Å². The van der Waals surface area contributed by atoms with Crippen molar-refractivity contribution in [2.75, 3.05) is 6.79 Å². The highest BCUT2D eigenvalue weighted by Crippen LogP contribution is 2.47. The first kappa shape index (κ1) is 5.69. The lowest BCUT2D eigenvalue weighted by atomic mass is 10.2. The number of fused-ring (bicyclic) bond motifs is 1. The fourth-order valence-corrected chi connectivity index (χ4v) is 1.75. The molecule has 0 bridgehead atoms. The van der Waals surface area contributed by atoms with Gasteiger partial charge in [0.15, 0.2) is 0 Å². The summed E-state index contributed by atoms with van der Waals surface area (Å²) in [5, 5.41) is 0. The zero-order valence-electron chi connectivity index (χ0n) is 5.83. The van der Waals surface area contributed by atoms with Gasteiger partial charge in [-0.25, -0.2) is 0 Å². The van der Waals surface area contributed by atoms with Crippen molar-refractivity contribution in [2.24, 2.45) is 11.8 Å². The van der Waals surface area contributed by atoms with Gasteiger partial charge in [-0.1, -0.05) is 6.92 Å². The lowest BCUT2D eigenvalue weighted by molar-refractivity contribution is -0.138. The second-order valence-electron chi connectivity index (χ2n) is 3.06. The summed E-state index contributed by atoms with van der Waals surface area (Å²) in [5.41, 5.74) is 0. The van der Waals surface area contributed by atoms with E-state index >= 15 is 0 Å². The Labute approximate surface area is 55.1 Å². The Morgan fingerprint density at radius 3 is 2.56 bits per heavy atom. The average Bonchev–Trinajstić information content (AvgIpc) is 2.45. The molecule has 1 heterocycles. The average molecular weight is 128 g/mol. The molecule has 1 aliphatic heterocycles. The van der Waals surface area contributed by atoms with Crippen LogP contribution in [0.2, 0.25) is 0 Å². The van der Waals surface area contributed by atoms with Gasteiger partial charge in [0.25, 0.3) is 0 Å². The Balaban J connectivity index is 2.02. The zero-order chi connectivity index (χ0) is 6.43. The quantitative estimate of drug-likeness (QED) is 0.485. The van der Waals surface area contributed by atoms with Gasteiger partial charge in [0.1, 0.15) is 6.79 Å². The molecule has 3 unspecified atom stereocenters. The van der Waals surface area contributed by atoms with Crippen LogP contribution in [0.25, 0.3) is 0 Å². The van der Waals surface area contributed by atoms with Gasteiger partial charge in [-0.15, -0.1) is 0 Å². The molecule has 52 valence electrons. The molecular weight excluding hydrogens is 116 g/mol. The number of hydrogen-bond acceptors (Lipinski definition) is 2. The summed E-state index contributed by atoms with van der Waals surface area (Å²) in [6, 6.07) is 0. The van der Waals surface area contributed by atoms with Gasteiger partial charge in [0.2, 0.25) is 0 Å². The maximum absolute atomic E-state index is 5.31. The number of hydrogen-bond donors (Lipinski definition) is 0. The molecular formula is C7H12O2. The Bertz CT molecular complexity index is 118. The molecule has 0 amide bonds. The minimum absolute atomic E-state index is 0.429. The Morgan fingerprint density at radius 1 is 1.22 bits per heavy atom. The highest BCUT2D eigenvalue weighted by Gasteiger charge is 2.53. The van der Waals surface area contributed by atoms with E-state index in [-0.39, 0.29) is 0 Å². The van der Waals surface area contributed by atoms with Crippen molar-refractivity contribution in [3.8, 4) is 0 Å². The standard InChI is InChI=1S/C7H12O2/c1-4-6-5(2)8-3-9-7(4)6/h4-7H,3H2,1-2H3/t4?,5?,6?,7-/m1/s1. The second-order valence-corrected chi connectivity index (χ2v) is 3.06. The van der Waals surface area contributed by atoms with E-state index in [1.54, 1.807) is 0 Å². The Kier molecular flexibility index (Phi) is 1.08. The van der Waals surface area contributed by atoms with Crippen molar-refractivity contribution in [2.45, 2.75) is 26.1 Å². The summed E-state index contributed by atoms with van der Waals surface area (Å²) < 4.78 is 10.6. The van der Waals surface area contributed by atoms with Gasteiger partial charge in [-0.3, -0.25) is 0 Å². The third-order valence-corrected chi connectivity index (χ3v) is 2.50. The van der Waals surface area contributed by atoms with E-state index < -0.39 is 0 Å². The van der Waals surface area contributed by atoms with Crippen LogP contribution in [0.3, 0.4) is 0 Å². The fourth-order valence-electron chi connectivity index (χ4n) is 1.75. The summed E-state index contributed by atoms with van der Waals surface area (Å²) in [6.45, 7) is 4.86. The predicted octanol–water partition coefficient (Wildman–Crippen LogP) is 1.01. The highest BCUT2D eigenvalue weighted by atomic mass is 16.7. The first-order chi connectivity index (χ1) is 4.30. The topological polar surface area (TPSA) is 18.5 Å². The third kappa shape index (κ3) is 0.700. The Hall–Kier alpha value is -0.0800. The van der Waals surface area contributed by atoms with Gasteiger partial charge >= 0.3 is 0 Å². The smallest absolute Gasteiger partial charge is 0.147 e. The molecule has 2 heteroatoms. The van der Waals surface area contributed by atoms with Crippen LogP contribution in [-0.4, -0.2) is 19.0 Å². The molecule has 2 aliphatic rings. The molecule has 2 rings (SSSR count). The number of ether oxygens (including phenoxy) is 2. The van der Waals surface area contributed by atoms with Crippen molar-refractivity contribution in [1.29, 1.82) is 0 Å². The van der Waals surface area contributed by atoms with Crippen LogP contribution in [0.15, 0.2) is 0 Å². The van der Waals surface area contributed by atoms with E-state index in [2.05, 4.69) is 13.8 Å². The monoisotopic (exact) mass is 128 g/mol. The van der Waals surface area contributed by atoms with E-state index in [0.717, 1.165) is 5.92 Å². The Morgan fingerprint density at radius 2 is 2.00 bits per heavy atom. The molecule has 4 atom stereocenters. The van der Waals surface area contributed by atoms with Crippen molar-refractivity contribution < 1.29 is 9.47 Å². The second kappa shape index (κ2) is 1.70. The van der Waals surface area contributed by atoms with Gasteiger partial charge in [0, 0.05) is 5.92 Å². The van der Waals surface area contributed by atoms with Crippen molar-refractivity contribution in [1.82, 2.24) is 0 Å². The summed E-state index contributed by atoms with van der Waals surface area (Å²) >= 11 is 0.